The van der Waals surface area contributed by atoms with Crippen molar-refractivity contribution < 1.29 is 0 Å². The number of piperidine rings is 1. The minimum atomic E-state index is 0.486. The third kappa shape index (κ3) is 3.43. The summed E-state index contributed by atoms with van der Waals surface area (Å²) in [7, 11) is 0. The molecule has 90 valence electrons. The summed E-state index contributed by atoms with van der Waals surface area (Å²) in [5, 5.41) is 12.1. The lowest BCUT2D eigenvalue weighted by Crippen LogP contribution is -2.39. The molecule has 2 heterocycles. The van der Waals surface area contributed by atoms with Crippen LogP contribution in [0.5, 0.6) is 0 Å². The van der Waals surface area contributed by atoms with Crippen LogP contribution in [0.2, 0.25) is 0 Å². The third-order valence-corrected chi connectivity index (χ3v) is 3.15. The number of hydrogen-bond acceptors (Lipinski definition) is 4. The molecule has 1 N–H and O–H groups in total. The number of aryl methyl sites for hydroxylation is 1. The first-order chi connectivity index (χ1) is 8.28. The Morgan fingerprint density at radius 1 is 1.47 bits per heavy atom. The number of rotatable bonds is 3. The molecule has 0 aromatic carbocycles. The van der Waals surface area contributed by atoms with Gasteiger partial charge in [-0.15, -0.1) is 0 Å². The number of nitrogens with zero attached hydrogens (tertiary/aromatic N) is 3. The summed E-state index contributed by atoms with van der Waals surface area (Å²) in [6.07, 6.45) is 4.04. The van der Waals surface area contributed by atoms with Gasteiger partial charge >= 0.3 is 0 Å². The smallest absolute Gasteiger partial charge is 0.126 e. The predicted molar refractivity (Wildman–Crippen MR) is 67.7 cm³/mol. The number of hydrogen-bond donors (Lipinski definition) is 1. The highest BCUT2D eigenvalue weighted by Gasteiger charge is 2.18. The number of nitrogens with one attached hydrogen (secondary N) is 1. The minimum Gasteiger partial charge on any atom is -0.367 e. The van der Waals surface area contributed by atoms with E-state index in [0.29, 0.717) is 12.6 Å². The normalized spacial score (nSPS) is 17.6. The highest BCUT2D eigenvalue weighted by molar-refractivity contribution is 5.36. The third-order valence-electron chi connectivity index (χ3n) is 3.15. The summed E-state index contributed by atoms with van der Waals surface area (Å²) >= 11 is 0. The van der Waals surface area contributed by atoms with Crippen molar-refractivity contribution in [3.63, 3.8) is 0 Å². The van der Waals surface area contributed by atoms with E-state index in [4.69, 9.17) is 5.26 Å². The molecule has 0 unspecified atom stereocenters. The van der Waals surface area contributed by atoms with E-state index in [0.717, 1.165) is 31.7 Å². The van der Waals surface area contributed by atoms with Gasteiger partial charge in [-0.2, -0.15) is 5.26 Å². The van der Waals surface area contributed by atoms with Crippen molar-refractivity contribution in [2.45, 2.75) is 25.8 Å². The fraction of sp³-hybridized carbons (Fsp3) is 0.538. The first kappa shape index (κ1) is 11.9. The molecule has 0 atom stereocenters. The predicted octanol–water partition coefficient (Wildman–Crippen LogP) is 1.79. The molecule has 1 aliphatic heterocycles. The van der Waals surface area contributed by atoms with Crippen LogP contribution in [0.3, 0.4) is 0 Å². The van der Waals surface area contributed by atoms with Crippen molar-refractivity contribution in [3.8, 4) is 6.07 Å². The molecule has 0 amide bonds. The van der Waals surface area contributed by atoms with E-state index in [1.165, 1.54) is 5.56 Å². The van der Waals surface area contributed by atoms with Gasteiger partial charge in [0.15, 0.2) is 0 Å². The van der Waals surface area contributed by atoms with Gasteiger partial charge in [0.05, 0.1) is 12.6 Å². The second-order valence-electron chi connectivity index (χ2n) is 4.57. The standard InChI is InChI=1S/C13H18N4/c1-11-2-3-13(15-10-11)16-12-4-7-17(8-5-12)9-6-14/h2-3,10,12H,4-5,7-9H2,1H3,(H,15,16). The van der Waals surface area contributed by atoms with Crippen molar-refractivity contribution in [2.75, 3.05) is 25.0 Å². The minimum absolute atomic E-state index is 0.486. The lowest BCUT2D eigenvalue weighted by atomic mass is 10.1. The Morgan fingerprint density at radius 2 is 2.24 bits per heavy atom. The summed E-state index contributed by atoms with van der Waals surface area (Å²) in [5.74, 6) is 0.953. The Kier molecular flexibility index (Phi) is 3.94. The Balaban J connectivity index is 1.82. The maximum atomic E-state index is 8.63. The quantitative estimate of drug-likeness (QED) is 0.804. The van der Waals surface area contributed by atoms with Crippen molar-refractivity contribution >= 4 is 5.82 Å². The summed E-state index contributed by atoms with van der Waals surface area (Å²) in [6, 6.07) is 6.78. The number of nitriles is 1. The second kappa shape index (κ2) is 5.65. The van der Waals surface area contributed by atoms with Crippen LogP contribution in [0.25, 0.3) is 0 Å². The average Bonchev–Trinajstić information content (AvgIpc) is 2.35. The molecule has 1 saturated heterocycles. The van der Waals surface area contributed by atoms with Gasteiger partial charge in [-0.05, 0) is 31.4 Å². The number of pyridine rings is 1. The molecule has 0 aliphatic carbocycles. The van der Waals surface area contributed by atoms with E-state index in [2.05, 4.69) is 27.3 Å². The van der Waals surface area contributed by atoms with Crippen LogP contribution >= 0.6 is 0 Å². The Bertz CT molecular complexity index is 385. The van der Waals surface area contributed by atoms with Gasteiger partial charge in [0.1, 0.15) is 5.82 Å². The van der Waals surface area contributed by atoms with Crippen LogP contribution in [0, 0.1) is 18.3 Å². The Morgan fingerprint density at radius 3 is 2.82 bits per heavy atom. The van der Waals surface area contributed by atoms with Crippen LogP contribution < -0.4 is 5.32 Å². The highest BCUT2D eigenvalue weighted by Crippen LogP contribution is 2.14. The largest absolute Gasteiger partial charge is 0.367 e. The fourth-order valence-electron chi connectivity index (χ4n) is 2.10. The van der Waals surface area contributed by atoms with Gasteiger partial charge in [-0.25, -0.2) is 4.98 Å². The summed E-state index contributed by atoms with van der Waals surface area (Å²) in [6.45, 7) is 4.58. The molecule has 17 heavy (non-hydrogen) atoms. The summed E-state index contributed by atoms with van der Waals surface area (Å²) < 4.78 is 0. The molecule has 1 aromatic rings. The molecule has 4 nitrogen and oxygen atoms in total. The molecule has 0 bridgehead atoms. The fourth-order valence-corrected chi connectivity index (χ4v) is 2.10. The maximum Gasteiger partial charge on any atom is 0.126 e. The second-order valence-corrected chi connectivity index (χ2v) is 4.57. The van der Waals surface area contributed by atoms with Crippen LogP contribution in [0.1, 0.15) is 18.4 Å². The zero-order chi connectivity index (χ0) is 12.1. The lowest BCUT2D eigenvalue weighted by Gasteiger charge is -2.30. The first-order valence-electron chi connectivity index (χ1n) is 6.06. The molecular formula is C13H18N4. The zero-order valence-electron chi connectivity index (χ0n) is 10.2. The molecule has 2 rings (SSSR count). The number of anilines is 1. The first-order valence-corrected chi connectivity index (χ1v) is 6.06. The van der Waals surface area contributed by atoms with Crippen molar-refractivity contribution in [1.82, 2.24) is 9.88 Å². The average molecular weight is 230 g/mol. The van der Waals surface area contributed by atoms with Crippen LogP contribution in [-0.4, -0.2) is 35.6 Å². The van der Waals surface area contributed by atoms with E-state index in [1.54, 1.807) is 0 Å². The molecule has 4 heteroatoms. The van der Waals surface area contributed by atoms with E-state index in [-0.39, 0.29) is 0 Å². The van der Waals surface area contributed by atoms with Gasteiger partial charge in [-0.3, -0.25) is 4.90 Å². The molecule has 0 spiro atoms. The molecule has 1 aliphatic rings. The molecule has 1 fully saturated rings. The summed E-state index contributed by atoms with van der Waals surface area (Å²) in [4.78, 5) is 6.55. The van der Waals surface area contributed by atoms with Crippen LogP contribution in [0.15, 0.2) is 18.3 Å². The van der Waals surface area contributed by atoms with Gasteiger partial charge in [0.2, 0.25) is 0 Å². The van der Waals surface area contributed by atoms with E-state index >= 15 is 0 Å². The van der Waals surface area contributed by atoms with Gasteiger partial charge < -0.3 is 5.32 Å². The highest BCUT2D eigenvalue weighted by atomic mass is 15.1. The van der Waals surface area contributed by atoms with Crippen molar-refractivity contribution in [1.29, 1.82) is 5.26 Å². The van der Waals surface area contributed by atoms with Gasteiger partial charge in [0, 0.05) is 25.3 Å². The number of aromatic nitrogens is 1. The topological polar surface area (TPSA) is 52.0 Å². The molecule has 0 radical (unpaired) electrons. The molecule has 0 saturated carbocycles. The van der Waals surface area contributed by atoms with E-state index < -0.39 is 0 Å². The monoisotopic (exact) mass is 230 g/mol. The van der Waals surface area contributed by atoms with Crippen molar-refractivity contribution in [2.24, 2.45) is 0 Å². The Hall–Kier alpha value is -1.60. The van der Waals surface area contributed by atoms with Crippen LogP contribution in [-0.2, 0) is 0 Å². The summed E-state index contributed by atoms with van der Waals surface area (Å²) in [5.41, 5.74) is 1.18. The molecule has 1 aromatic heterocycles. The van der Waals surface area contributed by atoms with E-state index in [1.807, 2.05) is 19.2 Å². The Labute approximate surface area is 102 Å². The SMILES string of the molecule is Cc1ccc(NC2CCN(CC#N)CC2)nc1. The molecular weight excluding hydrogens is 212 g/mol. The van der Waals surface area contributed by atoms with Gasteiger partial charge in [0.25, 0.3) is 0 Å². The van der Waals surface area contributed by atoms with Crippen molar-refractivity contribution in [3.05, 3.63) is 23.9 Å². The van der Waals surface area contributed by atoms with Crippen LogP contribution in [0.4, 0.5) is 5.82 Å². The van der Waals surface area contributed by atoms with E-state index in [9.17, 15) is 0 Å². The lowest BCUT2D eigenvalue weighted by molar-refractivity contribution is 0.242. The number of likely N-dealkylation sites (tertiary alicyclic amines) is 1. The maximum absolute atomic E-state index is 8.63. The zero-order valence-corrected chi connectivity index (χ0v) is 10.2. The van der Waals surface area contributed by atoms with Gasteiger partial charge in [-0.1, -0.05) is 6.07 Å².